The van der Waals surface area contributed by atoms with Crippen molar-refractivity contribution in [2.24, 2.45) is 5.92 Å². The molecule has 1 N–H and O–H groups in total. The first-order valence-corrected chi connectivity index (χ1v) is 6.52. The van der Waals surface area contributed by atoms with Crippen LogP contribution in [0.5, 0.6) is 0 Å². The van der Waals surface area contributed by atoms with Gasteiger partial charge in [0.05, 0.1) is 0 Å². The molecular weight excluding hydrogens is 248 g/mol. The summed E-state index contributed by atoms with van der Waals surface area (Å²) in [5.41, 5.74) is 0. The Balaban J connectivity index is 1.87. The van der Waals surface area contributed by atoms with E-state index in [9.17, 15) is 14.9 Å². The average Bonchev–Trinajstić information content (AvgIpc) is 2.80. The maximum absolute atomic E-state index is 11.9. The van der Waals surface area contributed by atoms with Crippen molar-refractivity contribution in [3.63, 3.8) is 0 Å². The zero-order chi connectivity index (χ0) is 13.8. The minimum Gasteiger partial charge on any atom is -0.358 e. The minimum absolute atomic E-state index is 0.0735. The number of carbonyl (C=O) groups is 1. The third-order valence-corrected chi connectivity index (χ3v) is 3.59. The molecule has 0 saturated heterocycles. The van der Waals surface area contributed by atoms with Crippen LogP contribution in [0.2, 0.25) is 0 Å². The van der Waals surface area contributed by atoms with E-state index in [1.54, 1.807) is 0 Å². The first-order valence-electron chi connectivity index (χ1n) is 6.52. The van der Waals surface area contributed by atoms with Crippen LogP contribution in [0.4, 0.5) is 5.82 Å². The van der Waals surface area contributed by atoms with Gasteiger partial charge >= 0.3 is 5.82 Å². The van der Waals surface area contributed by atoms with Gasteiger partial charge in [-0.2, -0.15) is 0 Å². The van der Waals surface area contributed by atoms with Crippen LogP contribution in [-0.4, -0.2) is 26.4 Å². The molecule has 0 aromatic carbocycles. The van der Waals surface area contributed by atoms with Gasteiger partial charge in [-0.25, -0.2) is 0 Å². The normalized spacial score (nSPS) is 23.0. The molecule has 1 heterocycles. The zero-order valence-electron chi connectivity index (χ0n) is 10.9. The molecule has 0 spiro atoms. The maximum Gasteiger partial charge on any atom is 0.381 e. The lowest BCUT2D eigenvalue weighted by Gasteiger charge is -2.29. The van der Waals surface area contributed by atoms with Gasteiger partial charge in [0, 0.05) is 6.04 Å². The number of amides is 1. The first-order chi connectivity index (χ1) is 9.06. The van der Waals surface area contributed by atoms with E-state index in [2.05, 4.69) is 17.2 Å². The van der Waals surface area contributed by atoms with E-state index in [1.165, 1.54) is 23.5 Å². The predicted molar refractivity (Wildman–Crippen MR) is 68.4 cm³/mol. The van der Waals surface area contributed by atoms with Gasteiger partial charge < -0.3 is 20.0 Å². The Morgan fingerprint density at radius 2 is 2.32 bits per heavy atom. The lowest BCUT2D eigenvalue weighted by Crippen LogP contribution is -2.42. The van der Waals surface area contributed by atoms with E-state index < -0.39 is 4.92 Å². The van der Waals surface area contributed by atoms with Crippen molar-refractivity contribution < 1.29 is 9.72 Å². The number of rotatable bonds is 4. The smallest absolute Gasteiger partial charge is 0.358 e. The molecule has 104 valence electrons. The second-order valence-corrected chi connectivity index (χ2v) is 5.10. The Morgan fingerprint density at radius 3 is 2.95 bits per heavy atom. The van der Waals surface area contributed by atoms with Crippen molar-refractivity contribution in [1.29, 1.82) is 0 Å². The van der Waals surface area contributed by atoms with E-state index in [-0.39, 0.29) is 24.3 Å². The van der Waals surface area contributed by atoms with Gasteiger partial charge in [-0.15, -0.1) is 0 Å². The SMILES string of the molecule is C[C@H]1CCCC[C@H]1NC(=O)Cn1cnc([N+](=O)[O-])c1. The van der Waals surface area contributed by atoms with E-state index in [4.69, 9.17) is 0 Å². The monoisotopic (exact) mass is 266 g/mol. The molecule has 0 radical (unpaired) electrons. The Kier molecular flexibility index (Phi) is 4.13. The fourth-order valence-corrected chi connectivity index (χ4v) is 2.48. The number of aromatic nitrogens is 2. The molecule has 7 heteroatoms. The summed E-state index contributed by atoms with van der Waals surface area (Å²) in [6, 6.07) is 0.222. The molecule has 1 aromatic rings. The van der Waals surface area contributed by atoms with Gasteiger partial charge in [-0.1, -0.05) is 19.8 Å². The van der Waals surface area contributed by atoms with Crippen LogP contribution in [0.25, 0.3) is 0 Å². The predicted octanol–water partition coefficient (Wildman–Crippen LogP) is 1.49. The summed E-state index contributed by atoms with van der Waals surface area (Å²) in [6.45, 7) is 2.22. The number of hydrogen-bond donors (Lipinski definition) is 1. The van der Waals surface area contributed by atoms with Gasteiger partial charge in [0.15, 0.2) is 0 Å². The Hall–Kier alpha value is -1.92. The van der Waals surface area contributed by atoms with Gasteiger partial charge in [0.25, 0.3) is 0 Å². The van der Waals surface area contributed by atoms with Crippen LogP contribution in [0, 0.1) is 16.0 Å². The molecule has 0 bridgehead atoms. The van der Waals surface area contributed by atoms with E-state index >= 15 is 0 Å². The van der Waals surface area contributed by atoms with Crippen LogP contribution >= 0.6 is 0 Å². The number of imidazole rings is 1. The summed E-state index contributed by atoms with van der Waals surface area (Å²) >= 11 is 0. The molecule has 1 aliphatic rings. The maximum atomic E-state index is 11.9. The summed E-state index contributed by atoms with van der Waals surface area (Å²) in [5, 5.41) is 13.5. The summed E-state index contributed by atoms with van der Waals surface area (Å²) in [6.07, 6.45) is 7.09. The van der Waals surface area contributed by atoms with Crippen molar-refractivity contribution >= 4 is 11.7 Å². The highest BCUT2D eigenvalue weighted by Crippen LogP contribution is 2.23. The lowest BCUT2D eigenvalue weighted by molar-refractivity contribution is -0.389. The molecule has 1 aromatic heterocycles. The number of carbonyl (C=O) groups excluding carboxylic acids is 1. The van der Waals surface area contributed by atoms with Crippen molar-refractivity contribution in [2.45, 2.75) is 45.2 Å². The Bertz CT molecular complexity index is 471. The van der Waals surface area contributed by atoms with E-state index in [1.807, 2.05) is 0 Å². The molecule has 1 aliphatic carbocycles. The molecule has 7 nitrogen and oxygen atoms in total. The summed E-state index contributed by atoms with van der Waals surface area (Å²) in [7, 11) is 0. The van der Waals surface area contributed by atoms with Crippen LogP contribution < -0.4 is 5.32 Å². The highest BCUT2D eigenvalue weighted by Gasteiger charge is 2.23. The number of nitrogens with one attached hydrogen (secondary N) is 1. The number of nitrogens with zero attached hydrogens (tertiary/aromatic N) is 3. The molecule has 0 unspecified atom stereocenters. The van der Waals surface area contributed by atoms with Crippen LogP contribution in [0.1, 0.15) is 32.6 Å². The third-order valence-electron chi connectivity index (χ3n) is 3.59. The molecular formula is C12H18N4O3. The molecule has 1 fully saturated rings. The van der Waals surface area contributed by atoms with Crippen molar-refractivity contribution in [1.82, 2.24) is 14.9 Å². The quantitative estimate of drug-likeness (QED) is 0.660. The van der Waals surface area contributed by atoms with Crippen LogP contribution in [0.3, 0.4) is 0 Å². The highest BCUT2D eigenvalue weighted by molar-refractivity contribution is 5.76. The number of nitro groups is 1. The highest BCUT2D eigenvalue weighted by atomic mass is 16.6. The van der Waals surface area contributed by atoms with Crippen LogP contribution in [0.15, 0.2) is 12.5 Å². The molecule has 2 atom stereocenters. The third kappa shape index (κ3) is 3.52. The molecule has 1 saturated carbocycles. The fraction of sp³-hybridized carbons (Fsp3) is 0.667. The molecule has 0 aliphatic heterocycles. The van der Waals surface area contributed by atoms with Gasteiger partial charge in [0.1, 0.15) is 12.7 Å². The van der Waals surface area contributed by atoms with E-state index in [0.717, 1.165) is 19.3 Å². The summed E-state index contributed by atoms with van der Waals surface area (Å²) in [5.74, 6) is 0.139. The Morgan fingerprint density at radius 1 is 1.58 bits per heavy atom. The molecule has 19 heavy (non-hydrogen) atoms. The largest absolute Gasteiger partial charge is 0.381 e. The minimum atomic E-state index is -0.572. The van der Waals surface area contributed by atoms with Crippen molar-refractivity contribution in [3.05, 3.63) is 22.6 Å². The second-order valence-electron chi connectivity index (χ2n) is 5.10. The number of hydrogen-bond acceptors (Lipinski definition) is 4. The Labute approximate surface area is 111 Å². The van der Waals surface area contributed by atoms with Crippen molar-refractivity contribution in [3.8, 4) is 0 Å². The van der Waals surface area contributed by atoms with Crippen molar-refractivity contribution in [2.75, 3.05) is 0 Å². The molecule has 1 amide bonds. The van der Waals surface area contributed by atoms with Crippen LogP contribution in [-0.2, 0) is 11.3 Å². The fourth-order valence-electron chi connectivity index (χ4n) is 2.48. The first kappa shape index (κ1) is 13.5. The average molecular weight is 266 g/mol. The lowest BCUT2D eigenvalue weighted by atomic mass is 9.86. The summed E-state index contributed by atoms with van der Waals surface area (Å²) < 4.78 is 1.43. The zero-order valence-corrected chi connectivity index (χ0v) is 10.9. The van der Waals surface area contributed by atoms with E-state index in [0.29, 0.717) is 5.92 Å². The second kappa shape index (κ2) is 5.81. The molecule has 2 rings (SSSR count). The van der Waals surface area contributed by atoms with Gasteiger partial charge in [0.2, 0.25) is 12.2 Å². The summed E-state index contributed by atoms with van der Waals surface area (Å²) in [4.78, 5) is 25.4. The standard InChI is InChI=1S/C12H18N4O3/c1-9-4-2-3-5-10(9)14-12(17)7-15-6-11(13-8-15)16(18)19/h6,8-10H,2-5,7H2,1H3,(H,14,17)/t9-,10+/m0/s1. The van der Waals surface area contributed by atoms with Gasteiger partial charge in [-0.05, 0) is 28.7 Å². The topological polar surface area (TPSA) is 90.1 Å². The van der Waals surface area contributed by atoms with Gasteiger partial charge in [-0.3, -0.25) is 4.79 Å².